The van der Waals surface area contributed by atoms with Crippen molar-refractivity contribution in [2.75, 3.05) is 0 Å². The summed E-state index contributed by atoms with van der Waals surface area (Å²) in [5.74, 6) is -1.53. The molecule has 12 rings (SSSR count). The number of carbonyl (C=O) groups is 2. The maximum atomic E-state index is 13.5. The topological polar surface area (TPSA) is 126 Å². The van der Waals surface area contributed by atoms with Gasteiger partial charge in [-0.1, -0.05) is 52.0 Å². The molecule has 2 aliphatic carbocycles. The van der Waals surface area contributed by atoms with Crippen LogP contribution in [0.4, 0.5) is 0 Å². The molecule has 0 aromatic heterocycles. The molecule has 12 nitrogen and oxygen atoms in total. The molecule has 2 spiro atoms. The third-order valence-electron chi connectivity index (χ3n) is 15.2. The van der Waals surface area contributed by atoms with Crippen molar-refractivity contribution in [1.29, 1.82) is 0 Å². The van der Waals surface area contributed by atoms with E-state index in [0.717, 1.165) is 49.7 Å². The number of rotatable bonds is 5. The molecule has 16 atom stereocenters. The van der Waals surface area contributed by atoms with Crippen LogP contribution in [0.25, 0.3) is 11.1 Å². The minimum absolute atomic E-state index is 0.0543. The summed E-state index contributed by atoms with van der Waals surface area (Å²) in [6.07, 6.45) is 4.29. The summed E-state index contributed by atoms with van der Waals surface area (Å²) < 4.78 is 37.9. The van der Waals surface area contributed by atoms with Crippen LogP contribution in [0.3, 0.4) is 0 Å². The zero-order chi connectivity index (χ0) is 38.8. The zero-order valence-corrected chi connectivity index (χ0v) is 33.1. The van der Waals surface area contributed by atoms with Gasteiger partial charge < -0.3 is 28.4 Å². The summed E-state index contributed by atoms with van der Waals surface area (Å²) in [6.45, 7) is 12.4. The molecular formula is C44H54O12. The second kappa shape index (κ2) is 13.3. The lowest BCUT2D eigenvalue weighted by molar-refractivity contribution is -0.576. The lowest BCUT2D eigenvalue weighted by Gasteiger charge is -2.59. The maximum absolute atomic E-state index is 13.5. The highest BCUT2D eigenvalue weighted by Gasteiger charge is 2.71. The van der Waals surface area contributed by atoms with Crippen molar-refractivity contribution in [3.63, 3.8) is 0 Å². The average molecular weight is 775 g/mol. The highest BCUT2D eigenvalue weighted by atomic mass is 17.3. The Morgan fingerprint density at radius 3 is 1.32 bits per heavy atom. The number of benzene rings is 2. The van der Waals surface area contributed by atoms with Gasteiger partial charge in [-0.2, -0.15) is 0 Å². The second-order valence-corrected chi connectivity index (χ2v) is 18.5. The zero-order valence-electron chi connectivity index (χ0n) is 33.1. The highest BCUT2D eigenvalue weighted by molar-refractivity contribution is 5.91. The van der Waals surface area contributed by atoms with Gasteiger partial charge in [-0.25, -0.2) is 29.1 Å². The smallest absolute Gasteiger partial charge is 0.340 e. The van der Waals surface area contributed by atoms with Gasteiger partial charge in [-0.05, 0) is 111 Å². The Morgan fingerprint density at radius 2 is 0.929 bits per heavy atom. The van der Waals surface area contributed by atoms with Gasteiger partial charge in [-0.15, -0.1) is 0 Å². The summed E-state index contributed by atoms with van der Waals surface area (Å²) in [6, 6.07) is 14.5. The van der Waals surface area contributed by atoms with Gasteiger partial charge in [0, 0.05) is 36.5 Å². The molecule has 56 heavy (non-hydrogen) atoms. The van der Waals surface area contributed by atoms with Crippen LogP contribution in [0, 0.1) is 47.3 Å². The predicted molar refractivity (Wildman–Crippen MR) is 196 cm³/mol. The molecule has 2 aromatic carbocycles. The van der Waals surface area contributed by atoms with Gasteiger partial charge in [0.15, 0.2) is 23.8 Å². The van der Waals surface area contributed by atoms with E-state index in [2.05, 4.69) is 27.7 Å². The lowest BCUT2D eigenvalue weighted by Crippen LogP contribution is -2.70. The largest absolute Gasteiger partial charge is 0.432 e. The number of hydrogen-bond donors (Lipinski definition) is 0. The van der Waals surface area contributed by atoms with Crippen molar-refractivity contribution >= 4 is 11.9 Å². The molecule has 8 aliphatic heterocycles. The Labute approximate surface area is 327 Å². The summed E-state index contributed by atoms with van der Waals surface area (Å²) in [5.41, 5.74) is 1.14. The molecule has 10 aliphatic rings. The van der Waals surface area contributed by atoms with E-state index < -0.39 is 59.9 Å². The highest BCUT2D eigenvalue weighted by Crippen LogP contribution is 2.62. The van der Waals surface area contributed by atoms with E-state index in [1.807, 2.05) is 38.1 Å². The first kappa shape index (κ1) is 37.3. The molecule has 302 valence electrons. The minimum atomic E-state index is -0.903. The molecule has 12 heteroatoms. The van der Waals surface area contributed by atoms with E-state index in [4.69, 9.17) is 48.0 Å². The van der Waals surface area contributed by atoms with Crippen LogP contribution < -0.4 is 0 Å². The van der Waals surface area contributed by atoms with Gasteiger partial charge in [0.05, 0.1) is 11.1 Å². The van der Waals surface area contributed by atoms with Crippen molar-refractivity contribution in [2.24, 2.45) is 47.3 Å². The summed E-state index contributed by atoms with van der Waals surface area (Å²) in [7, 11) is 0. The Hall–Kier alpha value is -2.94. The Balaban J connectivity index is 0.794. The van der Waals surface area contributed by atoms with Crippen molar-refractivity contribution in [1.82, 2.24) is 0 Å². The second-order valence-electron chi connectivity index (χ2n) is 18.5. The number of esters is 2. The standard InChI is InChI=1S/C44H54O12/c1-23-7-17-33-25(3)37(49-39-43(33)31(23)19-21-41(5,51-39)53-55-43)47-35(45)29-13-9-27(10-14-29)28-11-15-30(16-12-28)36(46)48-38-26(4)34-18-8-24(2)32-20-22-42(6)52-40(50-38)44(32,34)56-54-42/h9-16,23-26,31-34,37-40H,7-8,17-22H2,1-6H3/t23-,24-,25-,26-,31+,32+,33+,34+,37+,38+,39-,40-,41+,42+,43-,44-/m1/s1. The van der Waals surface area contributed by atoms with Crippen molar-refractivity contribution in [2.45, 2.75) is 141 Å². The molecule has 0 N–H and O–H groups in total. The maximum Gasteiger partial charge on any atom is 0.340 e. The monoisotopic (exact) mass is 774 g/mol. The number of fused-ring (bicyclic) bond motifs is 4. The SMILES string of the molecule is C[C@H]1[C@@H](OC(=O)c2ccc(-c3ccc(C(=O)O[C@H]4O[C@@H]5O[C@]6(C)CC[C@H]7[C@H](C)CC[C@@H]([C@H]4C)[C@@]57OO6)cc3)cc2)O[C@@H]2O[C@]3(C)CC[C@H]4[C@H](C)CC[C@@H]1[C@@]24OO3. The molecule has 0 amide bonds. The van der Waals surface area contributed by atoms with Crippen LogP contribution >= 0.6 is 0 Å². The molecule has 0 radical (unpaired) electrons. The predicted octanol–water partition coefficient (Wildman–Crippen LogP) is 8.08. The molecular weight excluding hydrogens is 720 g/mol. The van der Waals surface area contributed by atoms with Crippen molar-refractivity contribution in [3.8, 4) is 11.1 Å². The van der Waals surface area contributed by atoms with Crippen LogP contribution in [-0.2, 0) is 48.0 Å². The molecule has 8 saturated heterocycles. The first-order valence-corrected chi connectivity index (χ1v) is 20.9. The molecule has 4 bridgehead atoms. The van der Waals surface area contributed by atoms with Gasteiger partial charge >= 0.3 is 11.9 Å². The lowest BCUT2D eigenvalue weighted by atomic mass is 9.58. The Kier molecular flexibility index (Phi) is 8.86. The van der Waals surface area contributed by atoms with E-state index in [-0.39, 0.29) is 35.5 Å². The van der Waals surface area contributed by atoms with E-state index in [1.54, 1.807) is 24.3 Å². The molecule has 10 fully saturated rings. The molecule has 2 saturated carbocycles. The number of ether oxygens (including phenoxy) is 6. The Bertz CT molecular complexity index is 1720. The number of carbonyl (C=O) groups excluding carboxylic acids is 2. The molecule has 2 aromatic rings. The van der Waals surface area contributed by atoms with Gasteiger partial charge in [-0.3, -0.25) is 0 Å². The summed E-state index contributed by atoms with van der Waals surface area (Å²) >= 11 is 0. The first-order chi connectivity index (χ1) is 26.8. The summed E-state index contributed by atoms with van der Waals surface area (Å²) in [5, 5.41) is 0. The van der Waals surface area contributed by atoms with E-state index in [1.165, 1.54) is 0 Å². The summed E-state index contributed by atoms with van der Waals surface area (Å²) in [4.78, 5) is 51.3. The van der Waals surface area contributed by atoms with Gasteiger partial charge in [0.2, 0.25) is 24.2 Å². The van der Waals surface area contributed by atoms with E-state index in [0.29, 0.717) is 35.8 Å². The van der Waals surface area contributed by atoms with Crippen LogP contribution in [0.2, 0.25) is 0 Å². The van der Waals surface area contributed by atoms with E-state index in [9.17, 15) is 9.59 Å². The first-order valence-electron chi connectivity index (χ1n) is 20.9. The fourth-order valence-corrected chi connectivity index (χ4v) is 12.0. The fraction of sp³-hybridized carbons (Fsp3) is 0.682. The van der Waals surface area contributed by atoms with Crippen molar-refractivity contribution in [3.05, 3.63) is 59.7 Å². The van der Waals surface area contributed by atoms with Gasteiger partial charge in [0.25, 0.3) is 0 Å². The quantitative estimate of drug-likeness (QED) is 0.215. The fourth-order valence-electron chi connectivity index (χ4n) is 12.0. The number of hydrogen-bond acceptors (Lipinski definition) is 12. The Morgan fingerprint density at radius 1 is 0.536 bits per heavy atom. The molecule has 0 unspecified atom stereocenters. The third kappa shape index (κ3) is 5.61. The van der Waals surface area contributed by atoms with E-state index >= 15 is 0 Å². The van der Waals surface area contributed by atoms with Crippen LogP contribution in [-0.4, -0.2) is 59.9 Å². The third-order valence-corrected chi connectivity index (χ3v) is 15.2. The minimum Gasteiger partial charge on any atom is -0.432 e. The van der Waals surface area contributed by atoms with Crippen LogP contribution in [0.1, 0.15) is 114 Å². The molecule has 8 heterocycles. The average Bonchev–Trinajstić information content (AvgIpc) is 3.57. The van der Waals surface area contributed by atoms with Crippen LogP contribution in [0.5, 0.6) is 0 Å². The van der Waals surface area contributed by atoms with Crippen LogP contribution in [0.15, 0.2) is 48.5 Å². The van der Waals surface area contributed by atoms with Crippen molar-refractivity contribution < 1.29 is 57.6 Å². The normalized spacial score (nSPS) is 47.5. The van der Waals surface area contributed by atoms with Gasteiger partial charge in [0.1, 0.15) is 0 Å².